The number of nitrogens with zero attached hydrogens (tertiary/aromatic N) is 1. The monoisotopic (exact) mass is 334 g/mol. The van der Waals surface area contributed by atoms with Gasteiger partial charge in [0.15, 0.2) is 0 Å². The molecule has 0 amide bonds. The van der Waals surface area contributed by atoms with Crippen LogP contribution in [0.3, 0.4) is 0 Å². The summed E-state index contributed by atoms with van der Waals surface area (Å²) >= 11 is 1.26. The summed E-state index contributed by atoms with van der Waals surface area (Å²) in [4.78, 5) is 2.34. The predicted molar refractivity (Wildman–Crippen MR) is 87.5 cm³/mol. The molecule has 0 radical (unpaired) electrons. The fourth-order valence-electron chi connectivity index (χ4n) is 3.66. The Bertz CT molecular complexity index is 800. The maximum absolute atomic E-state index is 12.5. The topological polar surface area (TPSA) is 49.4 Å². The molecule has 4 rings (SSSR count). The highest BCUT2D eigenvalue weighted by molar-refractivity contribution is 7.91. The zero-order valence-corrected chi connectivity index (χ0v) is 14.0. The van der Waals surface area contributed by atoms with Crippen LogP contribution in [0, 0.1) is 0 Å². The van der Waals surface area contributed by atoms with Crippen LogP contribution < -0.4 is 4.72 Å². The van der Waals surface area contributed by atoms with Gasteiger partial charge in [0.2, 0.25) is 0 Å². The van der Waals surface area contributed by atoms with Crippen molar-refractivity contribution in [1.82, 2.24) is 9.62 Å². The Balaban J connectivity index is 1.71. The van der Waals surface area contributed by atoms with E-state index in [1.165, 1.54) is 22.5 Å². The van der Waals surface area contributed by atoms with Crippen molar-refractivity contribution in [2.45, 2.75) is 29.1 Å². The predicted octanol–water partition coefficient (Wildman–Crippen LogP) is 2.70. The maximum Gasteiger partial charge on any atom is 0.250 e. The van der Waals surface area contributed by atoms with Crippen LogP contribution in [0.4, 0.5) is 0 Å². The molecule has 1 aliphatic carbocycles. The first-order valence-corrected chi connectivity index (χ1v) is 9.80. The number of likely N-dealkylation sites (N-methyl/N-ethyl adjacent to an activating group) is 1. The fourth-order valence-corrected chi connectivity index (χ4v) is 5.89. The van der Waals surface area contributed by atoms with Crippen molar-refractivity contribution in [2.24, 2.45) is 0 Å². The first-order valence-electron chi connectivity index (χ1n) is 7.44. The molecule has 116 valence electrons. The number of benzene rings is 1. The minimum atomic E-state index is -3.43. The average Bonchev–Trinajstić information content (AvgIpc) is 3.13. The van der Waals surface area contributed by atoms with Gasteiger partial charge in [-0.15, -0.1) is 11.3 Å². The molecule has 1 N–H and O–H groups in total. The van der Waals surface area contributed by atoms with Gasteiger partial charge in [-0.1, -0.05) is 24.3 Å². The van der Waals surface area contributed by atoms with Crippen LogP contribution in [0.5, 0.6) is 0 Å². The van der Waals surface area contributed by atoms with Gasteiger partial charge in [0, 0.05) is 18.6 Å². The third-order valence-electron chi connectivity index (χ3n) is 4.72. The van der Waals surface area contributed by atoms with Crippen molar-refractivity contribution in [3.05, 3.63) is 52.4 Å². The number of hydrogen-bond donors (Lipinski definition) is 1. The van der Waals surface area contributed by atoms with Crippen LogP contribution in [0.2, 0.25) is 0 Å². The molecule has 2 atom stereocenters. The second-order valence-corrected chi connectivity index (χ2v) is 8.90. The van der Waals surface area contributed by atoms with Crippen molar-refractivity contribution in [3.63, 3.8) is 0 Å². The van der Waals surface area contributed by atoms with E-state index < -0.39 is 10.0 Å². The van der Waals surface area contributed by atoms with Gasteiger partial charge in [-0.25, -0.2) is 13.1 Å². The molecule has 1 aromatic heterocycles. The van der Waals surface area contributed by atoms with E-state index in [2.05, 4.69) is 28.8 Å². The number of nitrogens with one attached hydrogen (secondary N) is 1. The lowest BCUT2D eigenvalue weighted by atomic mass is 9.94. The van der Waals surface area contributed by atoms with E-state index >= 15 is 0 Å². The molecule has 2 heterocycles. The largest absolute Gasteiger partial charge is 0.299 e. The zero-order chi connectivity index (χ0) is 15.3. The van der Waals surface area contributed by atoms with Gasteiger partial charge in [-0.05, 0) is 48.0 Å². The lowest BCUT2D eigenvalue weighted by Crippen LogP contribution is -2.31. The Hall–Kier alpha value is -1.21. The van der Waals surface area contributed by atoms with Crippen LogP contribution >= 0.6 is 11.3 Å². The molecular weight excluding hydrogens is 316 g/mol. The number of hydrogen-bond acceptors (Lipinski definition) is 4. The Morgan fingerprint density at radius 3 is 2.91 bits per heavy atom. The van der Waals surface area contributed by atoms with Crippen LogP contribution in [-0.2, 0) is 16.4 Å². The molecule has 0 spiro atoms. The van der Waals surface area contributed by atoms with Crippen molar-refractivity contribution in [1.29, 1.82) is 0 Å². The van der Waals surface area contributed by atoms with Gasteiger partial charge in [0.1, 0.15) is 4.21 Å². The number of rotatable bonds is 3. The fraction of sp³-hybridized carbons (Fsp3) is 0.375. The summed E-state index contributed by atoms with van der Waals surface area (Å²) in [7, 11) is -1.31. The molecule has 2 aromatic rings. The second-order valence-electron chi connectivity index (χ2n) is 6.01. The molecule has 1 aromatic carbocycles. The van der Waals surface area contributed by atoms with E-state index in [1.807, 2.05) is 6.07 Å². The molecule has 0 saturated heterocycles. The van der Waals surface area contributed by atoms with Crippen LogP contribution in [0.25, 0.3) is 0 Å². The van der Waals surface area contributed by atoms with Gasteiger partial charge in [0.05, 0.1) is 0 Å². The summed E-state index contributed by atoms with van der Waals surface area (Å²) in [6.45, 7) is 1.03. The normalized spacial score (nSPS) is 24.4. The Kier molecular flexibility index (Phi) is 3.38. The van der Waals surface area contributed by atoms with Gasteiger partial charge in [-0.2, -0.15) is 0 Å². The van der Waals surface area contributed by atoms with E-state index in [4.69, 9.17) is 0 Å². The summed E-state index contributed by atoms with van der Waals surface area (Å²) in [6, 6.07) is 9.91. The summed E-state index contributed by atoms with van der Waals surface area (Å²) < 4.78 is 28.3. The molecule has 22 heavy (non-hydrogen) atoms. The maximum atomic E-state index is 12.5. The number of thiophene rings is 1. The van der Waals surface area contributed by atoms with Crippen molar-refractivity contribution < 1.29 is 8.42 Å². The highest BCUT2D eigenvalue weighted by Crippen LogP contribution is 2.46. The smallest absolute Gasteiger partial charge is 0.250 e. The lowest BCUT2D eigenvalue weighted by molar-refractivity contribution is 0.224. The molecule has 0 fully saturated rings. The standard InChI is InChI=1S/C16H18N2O2S2/c1-18-8-7-11-4-2-5-12-13(10-14(18)16(11)12)17-22(19,20)15-6-3-9-21-15/h2-6,9,13-14,17H,7-8,10H2,1H3. The minimum absolute atomic E-state index is 0.132. The molecule has 4 nitrogen and oxygen atoms in total. The molecular formula is C16H18N2O2S2. The lowest BCUT2D eigenvalue weighted by Gasteiger charge is -2.31. The van der Waals surface area contributed by atoms with Crippen LogP contribution in [0.15, 0.2) is 39.9 Å². The summed E-state index contributed by atoms with van der Waals surface area (Å²) in [6.07, 6.45) is 1.86. The SMILES string of the molecule is CN1CCc2cccc3c2C1CC3NS(=O)(=O)c1cccs1. The minimum Gasteiger partial charge on any atom is -0.299 e. The number of sulfonamides is 1. The highest BCUT2D eigenvalue weighted by atomic mass is 32.2. The van der Waals surface area contributed by atoms with Gasteiger partial charge >= 0.3 is 0 Å². The van der Waals surface area contributed by atoms with Crippen molar-refractivity contribution in [2.75, 3.05) is 13.6 Å². The summed E-state index contributed by atoms with van der Waals surface area (Å²) in [5.41, 5.74) is 3.86. The summed E-state index contributed by atoms with van der Waals surface area (Å²) in [5.74, 6) is 0. The first kappa shape index (κ1) is 14.4. The highest BCUT2D eigenvalue weighted by Gasteiger charge is 2.39. The van der Waals surface area contributed by atoms with E-state index in [0.29, 0.717) is 10.3 Å². The quantitative estimate of drug-likeness (QED) is 0.939. The molecule has 2 aliphatic rings. The molecule has 1 aliphatic heterocycles. The van der Waals surface area contributed by atoms with E-state index in [0.717, 1.165) is 24.9 Å². The molecule has 0 saturated carbocycles. The Morgan fingerprint density at radius 2 is 2.14 bits per heavy atom. The Labute approximate surface area is 134 Å². The van der Waals surface area contributed by atoms with E-state index in [-0.39, 0.29) is 6.04 Å². The molecule has 6 heteroatoms. The third kappa shape index (κ3) is 2.22. The van der Waals surface area contributed by atoms with Gasteiger partial charge in [-0.3, -0.25) is 4.90 Å². The average molecular weight is 334 g/mol. The molecule has 2 unspecified atom stereocenters. The van der Waals surface area contributed by atoms with Gasteiger partial charge < -0.3 is 0 Å². The van der Waals surface area contributed by atoms with E-state index in [1.54, 1.807) is 17.5 Å². The summed E-state index contributed by atoms with van der Waals surface area (Å²) in [5, 5.41) is 1.79. The Morgan fingerprint density at radius 1 is 1.27 bits per heavy atom. The van der Waals surface area contributed by atoms with E-state index in [9.17, 15) is 8.42 Å². The van der Waals surface area contributed by atoms with Crippen molar-refractivity contribution in [3.8, 4) is 0 Å². The van der Waals surface area contributed by atoms with Crippen LogP contribution in [-0.4, -0.2) is 26.9 Å². The first-order chi connectivity index (χ1) is 10.6. The third-order valence-corrected chi connectivity index (χ3v) is 7.59. The molecule has 0 bridgehead atoms. The van der Waals surface area contributed by atoms with Crippen LogP contribution in [0.1, 0.15) is 35.2 Å². The van der Waals surface area contributed by atoms with Crippen molar-refractivity contribution >= 4 is 21.4 Å². The second kappa shape index (κ2) is 5.16. The van der Waals surface area contributed by atoms with Gasteiger partial charge in [0.25, 0.3) is 10.0 Å². The zero-order valence-electron chi connectivity index (χ0n) is 12.3.